The fourth-order valence-corrected chi connectivity index (χ4v) is 0.830. The number of hydrogen-bond donors (Lipinski definition) is 0. The van der Waals surface area contributed by atoms with E-state index >= 15 is 0 Å². The lowest BCUT2D eigenvalue weighted by atomic mass is 10.7. The predicted octanol–water partition coefficient (Wildman–Crippen LogP) is 1.00. The molecule has 0 aromatic heterocycles. The van der Waals surface area contributed by atoms with Crippen molar-refractivity contribution in [1.82, 2.24) is 0 Å². The lowest BCUT2D eigenvalue weighted by Gasteiger charge is -2.10. The average molecular weight is 183 g/mol. The average Bonchev–Trinajstić information content (AvgIpc) is 1.89. The summed E-state index contributed by atoms with van der Waals surface area (Å²) in [5.41, 5.74) is 0. The van der Waals surface area contributed by atoms with Crippen LogP contribution in [0.15, 0.2) is 0 Å². The van der Waals surface area contributed by atoms with Gasteiger partial charge < -0.3 is 13.8 Å². The van der Waals surface area contributed by atoms with Gasteiger partial charge >= 0.3 is 25.2 Å². The van der Waals surface area contributed by atoms with E-state index in [0.29, 0.717) is 0 Å². The minimum Gasteiger partial charge on any atom is -0.464 e. The molecule has 0 aromatic carbocycles. The smallest absolute Gasteiger partial charge is 0.464 e. The first-order chi connectivity index (χ1) is 4.54. The molecule has 0 aliphatic carbocycles. The summed E-state index contributed by atoms with van der Waals surface area (Å²) in [6.45, 7) is 1.42. The minimum atomic E-state index is -3.41. The second-order valence-corrected chi connectivity index (χ2v) is 3.52. The molecule has 2 nitrogen and oxygen atoms in total. The summed E-state index contributed by atoms with van der Waals surface area (Å²) < 4.78 is 25.0. The van der Waals surface area contributed by atoms with Crippen molar-refractivity contribution in [2.24, 2.45) is 0 Å². The minimum absolute atomic E-state index is 0.0420. The highest BCUT2D eigenvalue weighted by Gasteiger charge is 2.41. The largest absolute Gasteiger partial charge is 0.622 e. The third-order valence-corrected chi connectivity index (χ3v) is 2.37. The van der Waals surface area contributed by atoms with Gasteiger partial charge in [0.25, 0.3) is 0 Å². The number of rotatable bonds is 3. The molecular formula is C4H5ClF2MgO2. The van der Waals surface area contributed by atoms with Crippen LogP contribution in [0.25, 0.3) is 0 Å². The predicted molar refractivity (Wildman–Crippen MR) is 33.2 cm³/mol. The number of hydrogen-bond acceptors (Lipinski definition) is 2. The quantitative estimate of drug-likeness (QED) is 0.481. The highest BCUT2D eigenvalue weighted by molar-refractivity contribution is 6.96. The van der Waals surface area contributed by atoms with Crippen molar-refractivity contribution >= 4 is 34.3 Å². The number of ether oxygens (including phenoxy) is 1. The Bertz CT molecular complexity index is 130. The Labute approximate surface area is 70.4 Å². The Morgan fingerprint density at radius 1 is 1.80 bits per heavy atom. The summed E-state index contributed by atoms with van der Waals surface area (Å²) >= 11 is -2.16. The van der Waals surface area contributed by atoms with E-state index in [0.717, 1.165) is 0 Å². The van der Waals surface area contributed by atoms with Gasteiger partial charge in [-0.2, -0.15) is 0 Å². The maximum Gasteiger partial charge on any atom is 0.622 e. The molecule has 0 aliphatic heterocycles. The molecule has 0 saturated heterocycles. The molecule has 0 radical (unpaired) electrons. The van der Waals surface area contributed by atoms with Crippen LogP contribution in [0.2, 0.25) is 0 Å². The molecule has 0 atom stereocenters. The summed E-state index contributed by atoms with van der Waals surface area (Å²) in [5, 5.41) is 0. The van der Waals surface area contributed by atoms with Crippen LogP contribution in [-0.4, -0.2) is 35.9 Å². The zero-order valence-corrected chi connectivity index (χ0v) is 7.53. The van der Waals surface area contributed by atoms with Gasteiger partial charge in [0.1, 0.15) is 0 Å². The Kier molecular flexibility index (Phi) is 4.47. The van der Waals surface area contributed by atoms with Crippen molar-refractivity contribution in [1.29, 1.82) is 0 Å². The summed E-state index contributed by atoms with van der Waals surface area (Å²) in [5.74, 6) is -1.50. The molecule has 56 valence electrons. The second-order valence-electron chi connectivity index (χ2n) is 1.56. The van der Waals surface area contributed by atoms with Gasteiger partial charge in [-0.1, -0.05) is 0 Å². The summed E-state index contributed by atoms with van der Waals surface area (Å²) in [4.78, 5) is 10.3. The molecule has 0 amide bonds. The first kappa shape index (κ1) is 10.4. The molecule has 0 rings (SSSR count). The monoisotopic (exact) mass is 182 g/mol. The Morgan fingerprint density at radius 3 is 2.60 bits per heavy atom. The highest BCUT2D eigenvalue weighted by Crippen LogP contribution is 2.14. The lowest BCUT2D eigenvalue weighted by Crippen LogP contribution is -2.34. The Morgan fingerprint density at radius 2 is 2.30 bits per heavy atom. The van der Waals surface area contributed by atoms with E-state index in [1.807, 2.05) is 0 Å². The molecule has 0 saturated carbocycles. The number of alkyl halides is 2. The van der Waals surface area contributed by atoms with Crippen LogP contribution in [0, 0.1) is 0 Å². The first-order valence-electron chi connectivity index (χ1n) is 2.65. The van der Waals surface area contributed by atoms with Crippen molar-refractivity contribution in [3.8, 4) is 0 Å². The van der Waals surface area contributed by atoms with Crippen LogP contribution >= 0.6 is 9.07 Å². The van der Waals surface area contributed by atoms with E-state index in [-0.39, 0.29) is 6.61 Å². The van der Waals surface area contributed by atoms with Crippen LogP contribution in [0.3, 0.4) is 0 Å². The van der Waals surface area contributed by atoms with E-state index < -0.39 is 29.3 Å². The van der Waals surface area contributed by atoms with Crippen molar-refractivity contribution < 1.29 is 18.3 Å². The standard InChI is InChI=1S/C4H5F2O2.ClH.Mg/c1-2-8-4(7)3(5)6;;/h2H2,1H3;1H;/q;;+1/p-1. The van der Waals surface area contributed by atoms with Crippen LogP contribution in [0.4, 0.5) is 8.78 Å². The molecule has 0 fully saturated rings. The van der Waals surface area contributed by atoms with E-state index in [1.165, 1.54) is 6.92 Å². The van der Waals surface area contributed by atoms with Gasteiger partial charge in [-0.15, -0.1) is 0 Å². The lowest BCUT2D eigenvalue weighted by molar-refractivity contribution is -0.160. The summed E-state index contributed by atoms with van der Waals surface area (Å²) in [6.07, 6.45) is 0. The van der Waals surface area contributed by atoms with Crippen LogP contribution in [0.1, 0.15) is 6.92 Å². The molecule has 0 aromatic rings. The molecule has 0 unspecified atom stereocenters. The van der Waals surface area contributed by atoms with Crippen LogP contribution in [-0.2, 0) is 9.53 Å². The van der Waals surface area contributed by atoms with E-state index in [2.05, 4.69) is 4.74 Å². The zero-order valence-electron chi connectivity index (χ0n) is 5.36. The molecule has 6 heteroatoms. The van der Waals surface area contributed by atoms with Gasteiger partial charge in [0, 0.05) is 0 Å². The van der Waals surface area contributed by atoms with E-state index in [4.69, 9.17) is 9.07 Å². The third kappa shape index (κ3) is 2.98. The Balaban J connectivity index is 3.91. The fourth-order valence-electron chi connectivity index (χ4n) is 0.291. The summed E-state index contributed by atoms with van der Waals surface area (Å²) in [7, 11) is 4.91. The molecule has 0 bridgehead atoms. The van der Waals surface area contributed by atoms with Gasteiger partial charge in [-0.3, -0.25) is 0 Å². The zero-order chi connectivity index (χ0) is 8.20. The maximum atomic E-state index is 12.2. The molecule has 10 heavy (non-hydrogen) atoms. The fraction of sp³-hybridized carbons (Fsp3) is 0.750. The first-order valence-corrected chi connectivity index (χ1v) is 5.50. The van der Waals surface area contributed by atoms with E-state index in [1.54, 1.807) is 0 Å². The molecule has 0 N–H and O–H groups in total. The van der Waals surface area contributed by atoms with Crippen molar-refractivity contribution in [3.63, 3.8) is 0 Å². The number of carbonyl (C=O) groups is 1. The number of carbonyl (C=O) groups excluding carboxylic acids is 1. The van der Waals surface area contributed by atoms with Gasteiger partial charge in [0.05, 0.1) is 6.61 Å². The molecule has 0 aliphatic rings. The van der Waals surface area contributed by atoms with Crippen LogP contribution in [0.5, 0.6) is 0 Å². The normalized spacial score (nSPS) is 10.4. The molecule has 0 heterocycles. The summed E-state index contributed by atoms with van der Waals surface area (Å²) in [6, 6.07) is 0. The third-order valence-electron chi connectivity index (χ3n) is 0.742. The maximum absolute atomic E-state index is 12.2. The molecular weight excluding hydrogens is 178 g/mol. The van der Waals surface area contributed by atoms with Crippen molar-refractivity contribution in [2.75, 3.05) is 6.61 Å². The van der Waals surface area contributed by atoms with Crippen molar-refractivity contribution in [2.45, 2.75) is 11.0 Å². The SMILES string of the molecule is CCOC(=O)[C](F)(F)[Mg][Cl]. The number of esters is 1. The van der Waals surface area contributed by atoms with E-state index in [9.17, 15) is 13.6 Å². The topological polar surface area (TPSA) is 26.3 Å². The van der Waals surface area contributed by atoms with Gasteiger partial charge in [-0.05, 0) is 6.92 Å². The highest BCUT2D eigenvalue weighted by atomic mass is 35.5. The van der Waals surface area contributed by atoms with Gasteiger partial charge in [-0.25, -0.2) is 13.6 Å². The number of halogens is 3. The second kappa shape index (κ2) is 4.30. The Hall–Kier alpha value is 0.386. The van der Waals surface area contributed by atoms with Gasteiger partial charge in [0.2, 0.25) is 4.05 Å². The molecule has 0 spiro atoms. The van der Waals surface area contributed by atoms with Gasteiger partial charge in [0.15, 0.2) is 0 Å². The van der Waals surface area contributed by atoms with Crippen molar-refractivity contribution in [3.05, 3.63) is 0 Å². The van der Waals surface area contributed by atoms with Crippen LogP contribution < -0.4 is 0 Å².